The maximum absolute atomic E-state index is 13.7. The van der Waals surface area contributed by atoms with Gasteiger partial charge in [0, 0.05) is 37.4 Å². The Morgan fingerprint density at radius 2 is 1.84 bits per heavy atom. The van der Waals surface area contributed by atoms with E-state index in [1.807, 2.05) is 12.1 Å². The molecule has 0 aliphatic carbocycles. The summed E-state index contributed by atoms with van der Waals surface area (Å²) in [6, 6.07) is 11.5. The van der Waals surface area contributed by atoms with E-state index in [0.29, 0.717) is 43.9 Å². The van der Waals surface area contributed by atoms with Gasteiger partial charge in [-0.3, -0.25) is 4.79 Å². The van der Waals surface area contributed by atoms with Gasteiger partial charge in [-0.2, -0.15) is 0 Å². The lowest BCUT2D eigenvalue weighted by Gasteiger charge is -2.42. The summed E-state index contributed by atoms with van der Waals surface area (Å²) >= 11 is 0. The number of ether oxygens (including phenoxy) is 1. The van der Waals surface area contributed by atoms with Crippen molar-refractivity contribution >= 4 is 11.6 Å². The number of rotatable bonds is 5. The summed E-state index contributed by atoms with van der Waals surface area (Å²) in [6.07, 6.45) is -3.23. The quantitative estimate of drug-likeness (QED) is 0.374. The number of hydrogen-bond acceptors (Lipinski definition) is 9. The van der Waals surface area contributed by atoms with E-state index in [9.17, 15) is 29.6 Å². The van der Waals surface area contributed by atoms with E-state index in [4.69, 9.17) is 4.74 Å². The molecule has 2 aliphatic heterocycles. The zero-order chi connectivity index (χ0) is 26.8. The molecule has 2 fully saturated rings. The molecule has 3 aromatic rings. The number of nitrogens with zero attached hydrogens (tertiary/aromatic N) is 5. The molecule has 0 radical (unpaired) electrons. The van der Waals surface area contributed by atoms with E-state index in [-0.39, 0.29) is 5.75 Å². The highest BCUT2D eigenvalue weighted by Crippen LogP contribution is 2.32. The zero-order valence-electron chi connectivity index (χ0n) is 20.5. The molecule has 2 aliphatic rings. The number of aliphatic hydroxyl groups is 3. The third-order valence-corrected chi connectivity index (χ3v) is 7.09. The Bertz CT molecular complexity index is 1260. The van der Waals surface area contributed by atoms with Crippen molar-refractivity contribution in [2.24, 2.45) is 0 Å². The molecule has 0 unspecified atom stereocenters. The third-order valence-electron chi connectivity index (χ3n) is 7.09. The van der Waals surface area contributed by atoms with Gasteiger partial charge in [0.25, 0.3) is 5.91 Å². The van der Waals surface area contributed by atoms with Gasteiger partial charge in [0.1, 0.15) is 41.6 Å². The lowest BCUT2D eigenvalue weighted by atomic mass is 9.92. The summed E-state index contributed by atoms with van der Waals surface area (Å²) < 4.78 is 20.6. The smallest absolute Gasteiger partial charge is 0.254 e. The topological polar surface area (TPSA) is 144 Å². The Balaban J connectivity index is 1.33. The zero-order valence-corrected chi connectivity index (χ0v) is 20.5. The van der Waals surface area contributed by atoms with Crippen LogP contribution in [0.4, 0.5) is 10.1 Å². The number of halogens is 1. The highest BCUT2D eigenvalue weighted by atomic mass is 19.1. The minimum Gasteiger partial charge on any atom is -0.508 e. The minimum absolute atomic E-state index is 0.175. The molecule has 0 bridgehead atoms. The van der Waals surface area contributed by atoms with Gasteiger partial charge in [-0.05, 0) is 42.8 Å². The van der Waals surface area contributed by atoms with Crippen LogP contribution < -0.4 is 4.90 Å². The number of carbonyl (C=O) groups excluding carboxylic acids is 1. The van der Waals surface area contributed by atoms with Crippen molar-refractivity contribution in [2.45, 2.75) is 36.9 Å². The average molecular weight is 528 g/mol. The number of phenolic OH excluding ortho intramolecular Hbond substituents is 1. The molecular weight excluding hydrogens is 497 g/mol. The second-order valence-electron chi connectivity index (χ2n) is 9.53. The molecule has 2 saturated heterocycles. The summed E-state index contributed by atoms with van der Waals surface area (Å²) in [5.74, 6) is -0.726. The number of benzene rings is 2. The summed E-state index contributed by atoms with van der Waals surface area (Å²) in [4.78, 5) is 17.3. The molecule has 11 nitrogen and oxygen atoms in total. The van der Waals surface area contributed by atoms with Gasteiger partial charge in [-0.25, -0.2) is 9.07 Å². The number of phenols is 1. The Hall–Kier alpha value is -3.58. The molecule has 0 spiro atoms. The van der Waals surface area contributed by atoms with E-state index in [0.717, 1.165) is 5.69 Å². The Morgan fingerprint density at radius 1 is 1.05 bits per heavy atom. The van der Waals surface area contributed by atoms with Crippen molar-refractivity contribution < 1.29 is 34.3 Å². The van der Waals surface area contributed by atoms with Gasteiger partial charge in [-0.1, -0.05) is 17.3 Å². The van der Waals surface area contributed by atoms with Crippen molar-refractivity contribution in [3.8, 4) is 17.0 Å². The average Bonchev–Trinajstić information content (AvgIpc) is 3.26. The van der Waals surface area contributed by atoms with Gasteiger partial charge in [0.2, 0.25) is 0 Å². The first kappa shape index (κ1) is 26.0. The molecule has 202 valence electrons. The van der Waals surface area contributed by atoms with Crippen LogP contribution in [0.15, 0.2) is 54.7 Å². The first-order chi connectivity index (χ1) is 18.4. The Morgan fingerprint density at radius 3 is 2.58 bits per heavy atom. The van der Waals surface area contributed by atoms with Crippen molar-refractivity contribution in [1.82, 2.24) is 19.9 Å². The molecular formula is C26H30FN5O6. The molecule has 5 atom stereocenters. The van der Waals surface area contributed by atoms with E-state index in [1.54, 1.807) is 23.1 Å². The fraction of sp³-hybridized carbons (Fsp3) is 0.423. The lowest BCUT2D eigenvalue weighted by Crippen LogP contribution is -2.60. The number of aromatic nitrogens is 3. The van der Waals surface area contributed by atoms with E-state index in [2.05, 4.69) is 15.2 Å². The van der Waals surface area contributed by atoms with Crippen molar-refractivity contribution in [1.29, 1.82) is 0 Å². The van der Waals surface area contributed by atoms with Crippen molar-refractivity contribution in [3.63, 3.8) is 0 Å². The van der Waals surface area contributed by atoms with E-state index >= 15 is 0 Å². The maximum Gasteiger partial charge on any atom is 0.254 e. The molecule has 0 saturated carbocycles. The summed E-state index contributed by atoms with van der Waals surface area (Å²) in [7, 11) is 0. The normalized spacial score (nSPS) is 26.3. The molecule has 1 aromatic heterocycles. The Kier molecular flexibility index (Phi) is 7.56. The Labute approximate surface area is 218 Å². The molecule has 4 N–H and O–H groups in total. The predicted octanol–water partition coefficient (Wildman–Crippen LogP) is 0.551. The number of anilines is 1. The van der Waals surface area contributed by atoms with Crippen LogP contribution in [0.3, 0.4) is 0 Å². The standard InChI is InChI=1S/C26H30FN5O6/c27-17-4-1-3-16(13-17)20-14-32(29-28-20)22-23(35)21(15-33)38-25(24(22)36)26(37)31-10-2-9-30(11-12-31)18-5-7-19(34)8-6-18/h1,3-8,13-14,21-25,33-36H,2,9-12,15H2/t21-,22+,23+,24-,25-/m1/s1. The van der Waals surface area contributed by atoms with Crippen LogP contribution in [0.5, 0.6) is 5.75 Å². The SMILES string of the molecule is O=C([C@@H]1O[C@H](CO)[C@H](O)[C@H](n2cc(-c3cccc(F)c3)nn2)[C@H]1O)N1CCCN(c2ccc(O)cc2)CC1. The largest absolute Gasteiger partial charge is 0.508 e. The van der Waals surface area contributed by atoms with Gasteiger partial charge in [-0.15, -0.1) is 5.10 Å². The summed E-state index contributed by atoms with van der Waals surface area (Å²) in [5, 5.41) is 49.6. The second kappa shape index (κ2) is 11.0. The molecule has 1 amide bonds. The first-order valence-corrected chi connectivity index (χ1v) is 12.5. The molecule has 2 aromatic carbocycles. The third kappa shape index (κ3) is 5.20. The van der Waals surface area contributed by atoms with Crippen LogP contribution in [0, 0.1) is 5.82 Å². The van der Waals surface area contributed by atoms with Gasteiger partial charge < -0.3 is 35.0 Å². The highest BCUT2D eigenvalue weighted by Gasteiger charge is 2.49. The first-order valence-electron chi connectivity index (χ1n) is 12.5. The molecule has 3 heterocycles. The van der Waals surface area contributed by atoms with Crippen LogP contribution in [-0.4, -0.2) is 103 Å². The van der Waals surface area contributed by atoms with Gasteiger partial charge in [0.05, 0.1) is 12.8 Å². The number of hydrogen-bond donors (Lipinski definition) is 4. The molecule has 12 heteroatoms. The number of carbonyl (C=O) groups is 1. The number of amides is 1. The minimum atomic E-state index is -1.49. The van der Waals surface area contributed by atoms with Crippen molar-refractivity contribution in [2.75, 3.05) is 37.7 Å². The monoisotopic (exact) mass is 527 g/mol. The second-order valence-corrected chi connectivity index (χ2v) is 9.53. The maximum atomic E-state index is 13.7. The molecule has 38 heavy (non-hydrogen) atoms. The van der Waals surface area contributed by atoms with Crippen LogP contribution in [0.25, 0.3) is 11.3 Å². The van der Waals surface area contributed by atoms with Crippen LogP contribution >= 0.6 is 0 Å². The van der Waals surface area contributed by atoms with Crippen LogP contribution in [0.1, 0.15) is 12.5 Å². The highest BCUT2D eigenvalue weighted by molar-refractivity contribution is 5.82. The number of aromatic hydroxyl groups is 1. The fourth-order valence-corrected chi connectivity index (χ4v) is 5.06. The van der Waals surface area contributed by atoms with E-state index < -0.39 is 48.8 Å². The fourth-order valence-electron chi connectivity index (χ4n) is 5.06. The summed E-state index contributed by atoms with van der Waals surface area (Å²) in [5.41, 5.74) is 1.71. The van der Waals surface area contributed by atoms with Crippen LogP contribution in [-0.2, 0) is 9.53 Å². The summed E-state index contributed by atoms with van der Waals surface area (Å²) in [6.45, 7) is 1.47. The van der Waals surface area contributed by atoms with Gasteiger partial charge in [0.15, 0.2) is 6.10 Å². The lowest BCUT2D eigenvalue weighted by molar-refractivity contribution is -0.211. The van der Waals surface area contributed by atoms with Crippen LogP contribution in [0.2, 0.25) is 0 Å². The molecule has 5 rings (SSSR count). The predicted molar refractivity (Wildman–Crippen MR) is 134 cm³/mol. The number of aliphatic hydroxyl groups excluding tert-OH is 3. The van der Waals surface area contributed by atoms with Crippen molar-refractivity contribution in [3.05, 3.63) is 60.5 Å². The van der Waals surface area contributed by atoms with Gasteiger partial charge >= 0.3 is 0 Å². The van der Waals surface area contributed by atoms with E-state index in [1.165, 1.54) is 29.1 Å².